The van der Waals surface area contributed by atoms with E-state index < -0.39 is 23.5 Å². The predicted molar refractivity (Wildman–Crippen MR) is 114 cm³/mol. The quantitative estimate of drug-likeness (QED) is 0.621. The largest absolute Gasteiger partial charge is 0.503 e. The number of methoxy groups -OCH3 is 2. The minimum Gasteiger partial charge on any atom is -0.503 e. The summed E-state index contributed by atoms with van der Waals surface area (Å²) in [5.74, 6) is -0.845. The molecule has 2 aromatic rings. The monoisotopic (exact) mass is 442 g/mol. The fourth-order valence-electron chi connectivity index (χ4n) is 4.18. The molecule has 0 radical (unpaired) electrons. The lowest BCUT2D eigenvalue weighted by atomic mass is 9.94. The Labute approximate surface area is 185 Å². The molecule has 32 heavy (non-hydrogen) atoms. The van der Waals surface area contributed by atoms with Crippen LogP contribution in [0.5, 0.6) is 11.5 Å². The Morgan fingerprint density at radius 1 is 1.12 bits per heavy atom. The minimum absolute atomic E-state index is 0.0428. The second kappa shape index (κ2) is 9.46. The summed E-state index contributed by atoms with van der Waals surface area (Å²) < 4.78 is 21.7. The zero-order valence-corrected chi connectivity index (χ0v) is 18.1. The molecule has 4 rings (SSSR count). The molecule has 2 aliphatic heterocycles. The molecule has 3 heterocycles. The highest BCUT2D eigenvalue weighted by Gasteiger charge is 2.45. The maximum Gasteiger partial charge on any atom is 0.290 e. The van der Waals surface area contributed by atoms with Crippen LogP contribution in [0.2, 0.25) is 0 Å². The molecule has 1 fully saturated rings. The van der Waals surface area contributed by atoms with Gasteiger partial charge < -0.3 is 28.6 Å². The number of carbonyl (C=O) groups is 2. The van der Waals surface area contributed by atoms with Crippen molar-refractivity contribution in [1.29, 1.82) is 0 Å². The van der Waals surface area contributed by atoms with E-state index in [2.05, 4.69) is 4.90 Å². The van der Waals surface area contributed by atoms with Gasteiger partial charge in [-0.25, -0.2) is 0 Å². The van der Waals surface area contributed by atoms with Crippen molar-refractivity contribution < 1.29 is 33.3 Å². The van der Waals surface area contributed by atoms with Crippen LogP contribution < -0.4 is 9.47 Å². The number of hydrogen-bond acceptors (Lipinski definition) is 8. The summed E-state index contributed by atoms with van der Waals surface area (Å²) in [7, 11) is 3.01. The molecular formula is C23H26N2O7. The van der Waals surface area contributed by atoms with Gasteiger partial charge in [-0.3, -0.25) is 14.5 Å². The number of aliphatic hydroxyl groups is 1. The highest BCUT2D eigenvalue weighted by Crippen LogP contribution is 2.45. The molecule has 0 saturated carbocycles. The molecule has 170 valence electrons. The number of rotatable bonds is 8. The summed E-state index contributed by atoms with van der Waals surface area (Å²) in [4.78, 5) is 30.1. The van der Waals surface area contributed by atoms with Gasteiger partial charge in [0.05, 0.1) is 45.3 Å². The third-order valence-corrected chi connectivity index (χ3v) is 5.78. The molecule has 0 aliphatic carbocycles. The van der Waals surface area contributed by atoms with Gasteiger partial charge in [-0.15, -0.1) is 0 Å². The number of carbonyl (C=O) groups excluding carboxylic acids is 2. The number of benzene rings is 1. The average Bonchev–Trinajstić information content (AvgIpc) is 3.45. The van der Waals surface area contributed by atoms with E-state index in [1.165, 1.54) is 31.4 Å². The van der Waals surface area contributed by atoms with Crippen LogP contribution in [-0.2, 0) is 9.53 Å². The summed E-state index contributed by atoms with van der Waals surface area (Å²) in [5, 5.41) is 10.8. The van der Waals surface area contributed by atoms with Gasteiger partial charge in [-0.2, -0.15) is 0 Å². The molecule has 1 unspecified atom stereocenters. The highest BCUT2D eigenvalue weighted by atomic mass is 16.5. The third-order valence-electron chi connectivity index (χ3n) is 5.78. The topological polar surface area (TPSA) is 102 Å². The molecule has 1 saturated heterocycles. The van der Waals surface area contributed by atoms with Gasteiger partial charge in [0.25, 0.3) is 5.91 Å². The van der Waals surface area contributed by atoms with E-state index in [-0.39, 0.29) is 11.3 Å². The number of ketones is 1. The first kappa shape index (κ1) is 21.9. The number of para-hydroxylation sites is 1. The van der Waals surface area contributed by atoms with Gasteiger partial charge in [0.1, 0.15) is 0 Å². The number of Topliss-reactive ketones (excluding diaryl/α,β-unsaturated/α-hetero) is 1. The maximum absolute atomic E-state index is 13.3. The van der Waals surface area contributed by atoms with Crippen LogP contribution in [0.15, 0.2) is 52.3 Å². The van der Waals surface area contributed by atoms with Crippen molar-refractivity contribution in [2.45, 2.75) is 6.04 Å². The number of nitrogens with zero attached hydrogens (tertiary/aromatic N) is 2. The highest BCUT2D eigenvalue weighted by molar-refractivity contribution is 6.15. The first-order valence-corrected chi connectivity index (χ1v) is 10.4. The number of furan rings is 1. The Kier molecular flexibility index (Phi) is 6.48. The van der Waals surface area contributed by atoms with Crippen LogP contribution in [0, 0.1) is 0 Å². The van der Waals surface area contributed by atoms with E-state index in [0.29, 0.717) is 43.4 Å². The Morgan fingerprint density at radius 2 is 1.91 bits per heavy atom. The zero-order valence-electron chi connectivity index (χ0n) is 18.1. The molecule has 2 aliphatic rings. The number of aliphatic hydroxyl groups excluding tert-OH is 1. The van der Waals surface area contributed by atoms with Gasteiger partial charge in [-0.1, -0.05) is 12.1 Å². The summed E-state index contributed by atoms with van der Waals surface area (Å²) in [6.45, 7) is 3.66. The van der Waals surface area contributed by atoms with Gasteiger partial charge in [0.15, 0.2) is 23.0 Å². The Hall–Kier alpha value is -3.30. The number of hydrogen-bond donors (Lipinski definition) is 1. The molecule has 0 bridgehead atoms. The molecule has 1 aromatic carbocycles. The second-order valence-electron chi connectivity index (χ2n) is 7.51. The van der Waals surface area contributed by atoms with Crippen LogP contribution in [-0.4, -0.2) is 80.2 Å². The molecular weight excluding hydrogens is 416 g/mol. The van der Waals surface area contributed by atoms with Crippen LogP contribution in [0.4, 0.5) is 0 Å². The van der Waals surface area contributed by atoms with Gasteiger partial charge in [0.2, 0.25) is 5.78 Å². The van der Waals surface area contributed by atoms with E-state index in [9.17, 15) is 14.7 Å². The summed E-state index contributed by atoms with van der Waals surface area (Å²) in [5.41, 5.74) is 0.500. The van der Waals surface area contributed by atoms with Gasteiger partial charge in [-0.05, 0) is 18.2 Å². The smallest absolute Gasteiger partial charge is 0.290 e. The van der Waals surface area contributed by atoms with Gasteiger partial charge >= 0.3 is 0 Å². The van der Waals surface area contributed by atoms with Crippen LogP contribution >= 0.6 is 0 Å². The first-order valence-electron chi connectivity index (χ1n) is 10.4. The van der Waals surface area contributed by atoms with E-state index >= 15 is 0 Å². The van der Waals surface area contributed by atoms with Crippen molar-refractivity contribution in [3.05, 3.63) is 59.3 Å². The standard InChI is InChI=1S/C23H26N2O7/c1-29-17-6-3-5-15(22(17)30-2)19-18(20(26)16-7-4-12-32-16)21(27)23(28)25(19)9-8-24-10-13-31-14-11-24/h3-7,12,19,27H,8-11,13-14H2,1-2H3. The van der Waals surface area contributed by atoms with E-state index in [1.807, 2.05) is 0 Å². The number of ether oxygens (including phenoxy) is 3. The Balaban J connectivity index is 1.75. The SMILES string of the molecule is COc1cccc(C2C(C(=O)c3ccco3)=C(O)C(=O)N2CCN2CCOCC2)c1OC. The third kappa shape index (κ3) is 3.96. The van der Waals surface area contributed by atoms with Crippen molar-refractivity contribution in [2.75, 3.05) is 53.6 Å². The van der Waals surface area contributed by atoms with Crippen molar-refractivity contribution in [2.24, 2.45) is 0 Å². The van der Waals surface area contributed by atoms with Crippen molar-refractivity contribution in [3.63, 3.8) is 0 Å². The molecule has 1 atom stereocenters. The Morgan fingerprint density at radius 3 is 2.56 bits per heavy atom. The molecule has 1 N–H and O–H groups in total. The molecule has 1 aromatic heterocycles. The Bertz CT molecular complexity index is 1010. The van der Waals surface area contributed by atoms with E-state index in [0.717, 1.165) is 13.1 Å². The molecule has 1 amide bonds. The van der Waals surface area contributed by atoms with Crippen molar-refractivity contribution >= 4 is 11.7 Å². The van der Waals surface area contributed by atoms with E-state index in [4.69, 9.17) is 18.6 Å². The lowest BCUT2D eigenvalue weighted by Gasteiger charge is -2.32. The maximum atomic E-state index is 13.3. The summed E-state index contributed by atoms with van der Waals surface area (Å²) >= 11 is 0. The fourth-order valence-corrected chi connectivity index (χ4v) is 4.18. The second-order valence-corrected chi connectivity index (χ2v) is 7.51. The van der Waals surface area contributed by atoms with Crippen molar-refractivity contribution in [3.8, 4) is 11.5 Å². The summed E-state index contributed by atoms with van der Waals surface area (Å²) in [6, 6.07) is 7.48. The molecule has 9 nitrogen and oxygen atoms in total. The van der Waals surface area contributed by atoms with Crippen molar-refractivity contribution in [1.82, 2.24) is 9.80 Å². The average molecular weight is 442 g/mol. The van der Waals surface area contributed by atoms with Crippen LogP contribution in [0.3, 0.4) is 0 Å². The van der Waals surface area contributed by atoms with Crippen LogP contribution in [0.1, 0.15) is 22.2 Å². The fraction of sp³-hybridized carbons (Fsp3) is 0.391. The zero-order chi connectivity index (χ0) is 22.7. The lowest BCUT2D eigenvalue weighted by Crippen LogP contribution is -2.43. The summed E-state index contributed by atoms with van der Waals surface area (Å²) in [6.07, 6.45) is 1.37. The van der Waals surface area contributed by atoms with Crippen LogP contribution in [0.25, 0.3) is 0 Å². The number of morpholine rings is 1. The van der Waals surface area contributed by atoms with Gasteiger partial charge in [0, 0.05) is 31.7 Å². The number of amides is 1. The molecule has 9 heteroatoms. The normalized spacial score (nSPS) is 19.5. The minimum atomic E-state index is -0.855. The molecule has 0 spiro atoms. The first-order chi connectivity index (χ1) is 15.6. The predicted octanol–water partition coefficient (Wildman–Crippen LogP) is 2.21. The lowest BCUT2D eigenvalue weighted by molar-refractivity contribution is -0.129. The van der Waals surface area contributed by atoms with E-state index in [1.54, 1.807) is 24.3 Å².